The molecule has 0 aliphatic carbocycles. The molecular weight excluding hydrogens is 258 g/mol. The van der Waals surface area contributed by atoms with E-state index in [4.69, 9.17) is 14.2 Å². The van der Waals surface area contributed by atoms with E-state index in [1.807, 2.05) is 20.8 Å². The molecule has 118 valence electrons. The highest BCUT2D eigenvalue weighted by Gasteiger charge is 2.34. The van der Waals surface area contributed by atoms with E-state index in [9.17, 15) is 4.79 Å². The van der Waals surface area contributed by atoms with E-state index in [2.05, 4.69) is 6.92 Å². The van der Waals surface area contributed by atoms with Crippen LogP contribution < -0.4 is 0 Å². The summed E-state index contributed by atoms with van der Waals surface area (Å²) in [5.74, 6) is 0. The lowest BCUT2D eigenvalue weighted by molar-refractivity contribution is -0.0759. The smallest absolute Gasteiger partial charge is 0.410 e. The Morgan fingerprint density at radius 2 is 1.80 bits per heavy atom. The van der Waals surface area contributed by atoms with Gasteiger partial charge in [0.15, 0.2) is 0 Å². The molecule has 1 fully saturated rings. The number of hydrogen-bond acceptors (Lipinski definition) is 4. The van der Waals surface area contributed by atoms with Gasteiger partial charge in [-0.15, -0.1) is 0 Å². The van der Waals surface area contributed by atoms with Gasteiger partial charge in [-0.2, -0.15) is 0 Å². The van der Waals surface area contributed by atoms with E-state index in [0.29, 0.717) is 19.7 Å². The lowest BCUT2D eigenvalue weighted by atomic mass is 9.93. The highest BCUT2D eigenvalue weighted by Crippen LogP contribution is 2.27. The van der Waals surface area contributed by atoms with Crippen molar-refractivity contribution in [3.63, 3.8) is 0 Å². The highest BCUT2D eigenvalue weighted by molar-refractivity contribution is 5.68. The number of ether oxygens (including phenoxy) is 3. The molecule has 1 aliphatic heterocycles. The van der Waals surface area contributed by atoms with Crippen molar-refractivity contribution in [2.75, 3.05) is 33.4 Å². The summed E-state index contributed by atoms with van der Waals surface area (Å²) in [5.41, 5.74) is -0.569. The van der Waals surface area contributed by atoms with Gasteiger partial charge >= 0.3 is 6.09 Å². The van der Waals surface area contributed by atoms with Crippen LogP contribution in [0.3, 0.4) is 0 Å². The van der Waals surface area contributed by atoms with E-state index in [1.165, 1.54) is 0 Å². The zero-order valence-electron chi connectivity index (χ0n) is 13.5. The van der Waals surface area contributed by atoms with E-state index in [0.717, 1.165) is 25.9 Å². The Kier molecular flexibility index (Phi) is 6.27. The average molecular weight is 287 g/mol. The molecule has 1 saturated heterocycles. The van der Waals surface area contributed by atoms with Crippen LogP contribution in [-0.2, 0) is 14.2 Å². The van der Waals surface area contributed by atoms with Crippen molar-refractivity contribution in [2.24, 2.45) is 0 Å². The Balaban J connectivity index is 2.33. The fraction of sp³-hybridized carbons (Fsp3) is 0.933. The first-order chi connectivity index (χ1) is 9.26. The van der Waals surface area contributed by atoms with Gasteiger partial charge in [0.2, 0.25) is 0 Å². The first kappa shape index (κ1) is 17.2. The molecule has 5 nitrogen and oxygen atoms in total. The third-order valence-corrected chi connectivity index (χ3v) is 3.42. The minimum atomic E-state index is -0.436. The van der Waals surface area contributed by atoms with Crippen molar-refractivity contribution in [1.82, 2.24) is 4.90 Å². The topological polar surface area (TPSA) is 48.0 Å². The van der Waals surface area contributed by atoms with Gasteiger partial charge in [0, 0.05) is 33.4 Å². The highest BCUT2D eigenvalue weighted by atomic mass is 16.6. The Hall–Kier alpha value is -0.810. The van der Waals surface area contributed by atoms with Gasteiger partial charge in [-0.1, -0.05) is 0 Å². The number of carbonyl (C=O) groups excluding carboxylic acids is 1. The van der Waals surface area contributed by atoms with Gasteiger partial charge in [0.1, 0.15) is 5.60 Å². The molecular formula is C15H29NO4. The van der Waals surface area contributed by atoms with Gasteiger partial charge in [-0.25, -0.2) is 4.79 Å². The molecule has 0 radical (unpaired) electrons. The molecule has 0 saturated carbocycles. The monoisotopic (exact) mass is 287 g/mol. The SMILES string of the molecule is COCCCOC1(C)CCN(C(=O)OC(C)(C)C)CC1. The molecule has 0 spiro atoms. The molecule has 0 N–H and O–H groups in total. The fourth-order valence-corrected chi connectivity index (χ4v) is 2.15. The standard InChI is InChI=1S/C15H29NO4/c1-14(2,3)20-13(17)16-9-7-15(4,8-10-16)19-12-6-11-18-5/h6-12H2,1-5H3. The predicted molar refractivity (Wildman–Crippen MR) is 77.9 cm³/mol. The Morgan fingerprint density at radius 3 is 2.30 bits per heavy atom. The number of carbonyl (C=O) groups is 1. The van der Waals surface area contributed by atoms with Crippen LogP contribution in [-0.4, -0.2) is 55.6 Å². The maximum absolute atomic E-state index is 12.0. The number of amides is 1. The van der Waals surface area contributed by atoms with Crippen molar-refractivity contribution in [3.8, 4) is 0 Å². The third-order valence-electron chi connectivity index (χ3n) is 3.42. The van der Waals surface area contributed by atoms with Crippen molar-refractivity contribution in [1.29, 1.82) is 0 Å². The second kappa shape index (κ2) is 7.27. The lowest BCUT2D eigenvalue weighted by Crippen LogP contribution is -2.48. The minimum Gasteiger partial charge on any atom is -0.444 e. The number of rotatable bonds is 5. The first-order valence-corrected chi connectivity index (χ1v) is 7.37. The van der Waals surface area contributed by atoms with Crippen LogP contribution in [0.15, 0.2) is 0 Å². The molecule has 1 rings (SSSR count). The molecule has 0 atom stereocenters. The quantitative estimate of drug-likeness (QED) is 0.730. The molecule has 0 aromatic heterocycles. The summed E-state index contributed by atoms with van der Waals surface area (Å²) < 4.78 is 16.3. The zero-order chi connectivity index (χ0) is 15.2. The zero-order valence-corrected chi connectivity index (χ0v) is 13.5. The van der Waals surface area contributed by atoms with Crippen molar-refractivity contribution in [3.05, 3.63) is 0 Å². The minimum absolute atomic E-state index is 0.133. The summed E-state index contributed by atoms with van der Waals surface area (Å²) in [6, 6.07) is 0. The van der Waals surface area contributed by atoms with Gasteiger partial charge in [0.25, 0.3) is 0 Å². The van der Waals surface area contributed by atoms with E-state index >= 15 is 0 Å². The van der Waals surface area contributed by atoms with E-state index < -0.39 is 5.60 Å². The fourth-order valence-electron chi connectivity index (χ4n) is 2.15. The van der Waals surface area contributed by atoms with Crippen molar-refractivity contribution in [2.45, 2.75) is 58.2 Å². The number of hydrogen-bond donors (Lipinski definition) is 0. The Morgan fingerprint density at radius 1 is 1.20 bits per heavy atom. The lowest BCUT2D eigenvalue weighted by Gasteiger charge is -2.39. The van der Waals surface area contributed by atoms with Gasteiger partial charge in [-0.05, 0) is 47.0 Å². The van der Waals surface area contributed by atoms with Gasteiger partial charge < -0.3 is 19.1 Å². The van der Waals surface area contributed by atoms with Crippen LogP contribution in [0.5, 0.6) is 0 Å². The van der Waals surface area contributed by atoms with Gasteiger partial charge in [-0.3, -0.25) is 0 Å². The van der Waals surface area contributed by atoms with Crippen molar-refractivity contribution >= 4 is 6.09 Å². The third kappa shape index (κ3) is 6.09. The second-order valence-corrected chi connectivity index (χ2v) is 6.61. The maximum Gasteiger partial charge on any atom is 0.410 e. The molecule has 0 aromatic rings. The summed E-state index contributed by atoms with van der Waals surface area (Å²) in [5, 5.41) is 0. The van der Waals surface area contributed by atoms with Crippen LogP contribution in [0, 0.1) is 0 Å². The van der Waals surface area contributed by atoms with Crippen LogP contribution in [0.1, 0.15) is 47.0 Å². The van der Waals surface area contributed by atoms with E-state index in [1.54, 1.807) is 12.0 Å². The summed E-state index contributed by atoms with van der Waals surface area (Å²) in [6.45, 7) is 10.6. The number of methoxy groups -OCH3 is 1. The number of nitrogens with zero attached hydrogens (tertiary/aromatic N) is 1. The molecule has 1 amide bonds. The van der Waals surface area contributed by atoms with Gasteiger partial charge in [0.05, 0.1) is 5.60 Å². The van der Waals surface area contributed by atoms with Crippen LogP contribution in [0.4, 0.5) is 4.79 Å². The largest absolute Gasteiger partial charge is 0.444 e. The normalized spacial score (nSPS) is 18.9. The summed E-state index contributed by atoms with van der Waals surface area (Å²) >= 11 is 0. The van der Waals surface area contributed by atoms with Crippen LogP contribution in [0.25, 0.3) is 0 Å². The molecule has 20 heavy (non-hydrogen) atoms. The summed E-state index contributed by atoms with van der Waals surface area (Å²) in [6.07, 6.45) is 2.37. The molecule has 0 unspecified atom stereocenters. The Labute approximate surface area is 122 Å². The predicted octanol–water partition coefficient (Wildman–Crippen LogP) is 2.83. The average Bonchev–Trinajstić information content (AvgIpc) is 2.33. The molecule has 0 bridgehead atoms. The van der Waals surface area contributed by atoms with Crippen LogP contribution >= 0.6 is 0 Å². The second-order valence-electron chi connectivity index (χ2n) is 6.61. The molecule has 5 heteroatoms. The summed E-state index contributed by atoms with van der Waals surface area (Å²) in [4.78, 5) is 13.7. The summed E-state index contributed by atoms with van der Waals surface area (Å²) in [7, 11) is 1.70. The molecule has 0 aromatic carbocycles. The van der Waals surface area contributed by atoms with Crippen LogP contribution in [0.2, 0.25) is 0 Å². The van der Waals surface area contributed by atoms with E-state index in [-0.39, 0.29) is 11.7 Å². The number of likely N-dealkylation sites (tertiary alicyclic amines) is 1. The van der Waals surface area contributed by atoms with Crippen molar-refractivity contribution < 1.29 is 19.0 Å². The molecule has 1 heterocycles. The first-order valence-electron chi connectivity index (χ1n) is 7.37. The maximum atomic E-state index is 12.0. The number of piperidine rings is 1. The molecule has 1 aliphatic rings. The Bertz CT molecular complexity index is 303.